The van der Waals surface area contributed by atoms with E-state index >= 15 is 0 Å². The van der Waals surface area contributed by atoms with Crippen molar-refractivity contribution < 1.29 is 19.2 Å². The van der Waals surface area contributed by atoms with Crippen molar-refractivity contribution in [3.63, 3.8) is 0 Å². The molecule has 1 aromatic carbocycles. The molecular weight excluding hydrogens is 370 g/mol. The highest BCUT2D eigenvalue weighted by Crippen LogP contribution is 2.18. The SMILES string of the molecule is NC(=O)c1ccc(NC(=O)Cc2csc(NC(=O)[C@@H]3CCC(=O)N3)n2)cc1. The van der Waals surface area contributed by atoms with Crippen LogP contribution in [0.25, 0.3) is 0 Å². The first-order valence-corrected chi connectivity index (χ1v) is 9.03. The Morgan fingerprint density at radius 1 is 1.22 bits per heavy atom. The zero-order chi connectivity index (χ0) is 19.4. The summed E-state index contributed by atoms with van der Waals surface area (Å²) in [5.41, 5.74) is 6.56. The third kappa shape index (κ3) is 4.88. The second kappa shape index (κ2) is 7.96. The van der Waals surface area contributed by atoms with Crippen LogP contribution < -0.4 is 21.7 Å². The highest BCUT2D eigenvalue weighted by atomic mass is 32.1. The Morgan fingerprint density at radius 2 is 1.96 bits per heavy atom. The molecule has 2 aromatic rings. The van der Waals surface area contributed by atoms with Crippen molar-refractivity contribution in [2.75, 3.05) is 10.6 Å². The molecule has 1 aliphatic heterocycles. The number of hydrogen-bond acceptors (Lipinski definition) is 6. The number of aromatic nitrogens is 1. The fourth-order valence-corrected chi connectivity index (χ4v) is 3.25. The number of hydrogen-bond donors (Lipinski definition) is 4. The van der Waals surface area contributed by atoms with Crippen molar-refractivity contribution in [2.45, 2.75) is 25.3 Å². The minimum absolute atomic E-state index is 0.0319. The topological polar surface area (TPSA) is 143 Å². The van der Waals surface area contributed by atoms with Crippen molar-refractivity contribution in [1.29, 1.82) is 0 Å². The predicted octanol–water partition coefficient (Wildman–Crippen LogP) is 0.640. The molecular formula is C17H17N5O4S. The fraction of sp³-hybridized carbons (Fsp3) is 0.235. The molecule has 27 heavy (non-hydrogen) atoms. The second-order valence-corrected chi connectivity index (χ2v) is 6.82. The minimum Gasteiger partial charge on any atom is -0.366 e. The van der Waals surface area contributed by atoms with Crippen LogP contribution in [-0.2, 0) is 20.8 Å². The van der Waals surface area contributed by atoms with Crippen LogP contribution in [0.4, 0.5) is 10.8 Å². The summed E-state index contributed by atoms with van der Waals surface area (Å²) in [6.45, 7) is 0. The van der Waals surface area contributed by atoms with Gasteiger partial charge in [0.2, 0.25) is 23.6 Å². The maximum Gasteiger partial charge on any atom is 0.248 e. The number of carbonyl (C=O) groups is 4. The maximum atomic E-state index is 12.1. The van der Waals surface area contributed by atoms with Gasteiger partial charge < -0.3 is 21.7 Å². The van der Waals surface area contributed by atoms with E-state index in [0.717, 1.165) is 0 Å². The Balaban J connectivity index is 1.52. The predicted molar refractivity (Wildman–Crippen MR) is 99.2 cm³/mol. The summed E-state index contributed by atoms with van der Waals surface area (Å²) in [4.78, 5) is 50.6. The highest BCUT2D eigenvalue weighted by molar-refractivity contribution is 7.13. The molecule has 9 nitrogen and oxygen atoms in total. The van der Waals surface area contributed by atoms with E-state index in [1.807, 2.05) is 0 Å². The molecule has 1 aliphatic rings. The van der Waals surface area contributed by atoms with Gasteiger partial charge in [0.05, 0.1) is 12.1 Å². The number of nitrogens with one attached hydrogen (secondary N) is 3. The fourth-order valence-electron chi connectivity index (χ4n) is 2.54. The van der Waals surface area contributed by atoms with Gasteiger partial charge in [0, 0.05) is 23.1 Å². The van der Waals surface area contributed by atoms with Crippen molar-refractivity contribution in [3.05, 3.63) is 40.9 Å². The number of nitrogens with two attached hydrogens (primary N) is 1. The van der Waals surface area contributed by atoms with E-state index in [0.29, 0.717) is 34.9 Å². The van der Waals surface area contributed by atoms with Gasteiger partial charge in [0.15, 0.2) is 5.13 Å². The Hall–Kier alpha value is -3.27. The van der Waals surface area contributed by atoms with Crippen LogP contribution >= 0.6 is 11.3 Å². The molecule has 0 radical (unpaired) electrons. The average Bonchev–Trinajstić information content (AvgIpc) is 3.24. The zero-order valence-electron chi connectivity index (χ0n) is 14.2. The van der Waals surface area contributed by atoms with Crippen LogP contribution in [0.3, 0.4) is 0 Å². The summed E-state index contributed by atoms with van der Waals surface area (Å²) in [5, 5.41) is 9.97. The summed E-state index contributed by atoms with van der Waals surface area (Å²) < 4.78 is 0. The van der Waals surface area contributed by atoms with Crippen molar-refractivity contribution >= 4 is 45.8 Å². The molecule has 0 unspecified atom stereocenters. The van der Waals surface area contributed by atoms with Gasteiger partial charge in [0.25, 0.3) is 0 Å². The lowest BCUT2D eigenvalue weighted by molar-refractivity contribution is -0.122. The van der Waals surface area contributed by atoms with Crippen LogP contribution in [0.1, 0.15) is 28.9 Å². The number of benzene rings is 1. The van der Waals surface area contributed by atoms with Crippen LogP contribution in [0.2, 0.25) is 0 Å². The summed E-state index contributed by atoms with van der Waals surface area (Å²) in [5.74, 6) is -1.29. The largest absolute Gasteiger partial charge is 0.366 e. The molecule has 1 aromatic heterocycles. The molecule has 0 spiro atoms. The molecule has 4 amide bonds. The van der Waals surface area contributed by atoms with Gasteiger partial charge in [-0.1, -0.05) is 0 Å². The van der Waals surface area contributed by atoms with Gasteiger partial charge in [-0.15, -0.1) is 11.3 Å². The Morgan fingerprint density at radius 3 is 2.59 bits per heavy atom. The smallest absolute Gasteiger partial charge is 0.248 e. The van der Waals surface area contributed by atoms with Crippen molar-refractivity contribution in [2.24, 2.45) is 5.73 Å². The van der Waals surface area contributed by atoms with Gasteiger partial charge >= 0.3 is 0 Å². The van der Waals surface area contributed by atoms with E-state index in [2.05, 4.69) is 20.9 Å². The van der Waals surface area contributed by atoms with Gasteiger partial charge in [0.1, 0.15) is 6.04 Å². The highest BCUT2D eigenvalue weighted by Gasteiger charge is 2.27. The molecule has 0 aliphatic carbocycles. The molecule has 0 saturated carbocycles. The van der Waals surface area contributed by atoms with Crippen molar-refractivity contribution in [1.82, 2.24) is 10.3 Å². The number of primary amides is 1. The van der Waals surface area contributed by atoms with Gasteiger partial charge in [-0.2, -0.15) is 0 Å². The van der Waals surface area contributed by atoms with E-state index in [-0.39, 0.29) is 24.1 Å². The van der Waals surface area contributed by atoms with Gasteiger partial charge in [-0.3, -0.25) is 19.2 Å². The first-order chi connectivity index (χ1) is 12.9. The van der Waals surface area contributed by atoms with Crippen LogP contribution in [-0.4, -0.2) is 34.7 Å². The Labute approximate surface area is 158 Å². The molecule has 5 N–H and O–H groups in total. The second-order valence-electron chi connectivity index (χ2n) is 5.96. The third-order valence-corrected chi connectivity index (χ3v) is 4.70. The Bertz CT molecular complexity index is 893. The number of anilines is 2. The summed E-state index contributed by atoms with van der Waals surface area (Å²) in [7, 11) is 0. The van der Waals surface area contributed by atoms with Crippen LogP contribution in [0.5, 0.6) is 0 Å². The number of carbonyl (C=O) groups excluding carboxylic acids is 4. The molecule has 2 heterocycles. The maximum absolute atomic E-state index is 12.1. The van der Waals surface area contributed by atoms with Crippen molar-refractivity contribution in [3.8, 4) is 0 Å². The van der Waals surface area contributed by atoms with E-state index in [9.17, 15) is 19.2 Å². The molecule has 1 fully saturated rings. The first-order valence-electron chi connectivity index (χ1n) is 8.15. The first kappa shape index (κ1) is 18.5. The lowest BCUT2D eigenvalue weighted by Crippen LogP contribution is -2.37. The molecule has 1 saturated heterocycles. The molecule has 10 heteroatoms. The van der Waals surface area contributed by atoms with E-state index in [1.165, 1.54) is 23.5 Å². The number of thiazole rings is 1. The minimum atomic E-state index is -0.545. The van der Waals surface area contributed by atoms with Crippen LogP contribution in [0, 0.1) is 0 Å². The van der Waals surface area contributed by atoms with E-state index < -0.39 is 11.9 Å². The zero-order valence-corrected chi connectivity index (χ0v) is 15.0. The standard InChI is InChI=1S/C17H17N5O4S/c18-15(25)9-1-3-10(4-2-9)19-14(24)7-11-8-27-17(20-11)22-16(26)12-5-6-13(23)21-12/h1-4,8,12H,5-7H2,(H2,18,25)(H,19,24)(H,21,23)(H,20,22,26)/t12-/m0/s1. The summed E-state index contributed by atoms with van der Waals surface area (Å²) >= 11 is 1.20. The van der Waals surface area contributed by atoms with Gasteiger partial charge in [-0.05, 0) is 30.7 Å². The quantitative estimate of drug-likeness (QED) is 0.575. The average molecular weight is 387 g/mol. The Kier molecular flexibility index (Phi) is 5.46. The number of amides is 4. The molecule has 1 atom stereocenters. The normalized spacial score (nSPS) is 15.9. The van der Waals surface area contributed by atoms with E-state index in [4.69, 9.17) is 5.73 Å². The van der Waals surface area contributed by atoms with Crippen LogP contribution in [0.15, 0.2) is 29.6 Å². The molecule has 0 bridgehead atoms. The monoisotopic (exact) mass is 387 g/mol. The molecule has 140 valence electrons. The molecule has 3 rings (SSSR count). The lowest BCUT2D eigenvalue weighted by atomic mass is 10.2. The number of rotatable bonds is 6. The lowest BCUT2D eigenvalue weighted by Gasteiger charge is -2.08. The number of nitrogens with zero attached hydrogens (tertiary/aromatic N) is 1. The summed E-state index contributed by atoms with van der Waals surface area (Å²) in [6, 6.07) is 5.67. The van der Waals surface area contributed by atoms with Gasteiger partial charge in [-0.25, -0.2) is 4.98 Å². The summed E-state index contributed by atoms with van der Waals surface area (Å²) in [6.07, 6.45) is 0.825. The third-order valence-electron chi connectivity index (χ3n) is 3.89. The van der Waals surface area contributed by atoms with E-state index in [1.54, 1.807) is 17.5 Å².